The van der Waals surface area contributed by atoms with Gasteiger partial charge in [0, 0.05) is 18.0 Å². The molecule has 0 bridgehead atoms. The molecule has 1 aromatic heterocycles. The molecule has 2 heterocycles. The summed E-state index contributed by atoms with van der Waals surface area (Å²) >= 11 is 0. The standard InChI is InChI=1S/C12H16N2O/c1-8-4-3-7-14-11(8)13-10-6-2-5-9(10)12(14)15/h8H,2-7H2,1H3. The lowest BCUT2D eigenvalue weighted by Crippen LogP contribution is -2.32. The maximum Gasteiger partial charge on any atom is 0.256 e. The van der Waals surface area contributed by atoms with E-state index in [0.29, 0.717) is 5.92 Å². The van der Waals surface area contributed by atoms with Crippen molar-refractivity contribution in [3.63, 3.8) is 0 Å². The Balaban J connectivity index is 2.26. The molecule has 3 rings (SSSR count). The fourth-order valence-electron chi connectivity index (χ4n) is 2.82. The summed E-state index contributed by atoms with van der Waals surface area (Å²) in [7, 11) is 0. The first-order valence-corrected chi connectivity index (χ1v) is 5.90. The van der Waals surface area contributed by atoms with Crippen molar-refractivity contribution in [1.29, 1.82) is 0 Å². The Morgan fingerprint density at radius 3 is 3.07 bits per heavy atom. The molecule has 1 aromatic rings. The van der Waals surface area contributed by atoms with E-state index in [1.165, 1.54) is 6.42 Å². The molecule has 1 atom stereocenters. The predicted octanol–water partition coefficient (Wildman–Crippen LogP) is 1.63. The molecule has 0 fully saturated rings. The van der Waals surface area contributed by atoms with Gasteiger partial charge in [0.05, 0.1) is 5.69 Å². The van der Waals surface area contributed by atoms with Crippen LogP contribution in [0.4, 0.5) is 0 Å². The second-order valence-corrected chi connectivity index (χ2v) is 4.75. The van der Waals surface area contributed by atoms with E-state index in [9.17, 15) is 4.79 Å². The third-order valence-corrected chi connectivity index (χ3v) is 3.68. The monoisotopic (exact) mass is 204 g/mol. The molecule has 3 heteroatoms. The molecule has 80 valence electrons. The first-order valence-electron chi connectivity index (χ1n) is 5.90. The van der Waals surface area contributed by atoms with Gasteiger partial charge in [0.15, 0.2) is 0 Å². The van der Waals surface area contributed by atoms with E-state index >= 15 is 0 Å². The Hall–Kier alpha value is -1.12. The third-order valence-electron chi connectivity index (χ3n) is 3.68. The molecule has 0 spiro atoms. The largest absolute Gasteiger partial charge is 0.296 e. The van der Waals surface area contributed by atoms with Crippen molar-refractivity contribution >= 4 is 0 Å². The molecule has 1 aliphatic heterocycles. The van der Waals surface area contributed by atoms with Crippen LogP contribution in [0.2, 0.25) is 0 Å². The molecule has 3 nitrogen and oxygen atoms in total. The zero-order valence-electron chi connectivity index (χ0n) is 9.12. The fraction of sp³-hybridized carbons (Fsp3) is 0.667. The van der Waals surface area contributed by atoms with Gasteiger partial charge in [-0.15, -0.1) is 0 Å². The highest BCUT2D eigenvalue weighted by Crippen LogP contribution is 2.26. The summed E-state index contributed by atoms with van der Waals surface area (Å²) in [4.78, 5) is 16.9. The Morgan fingerprint density at radius 2 is 2.20 bits per heavy atom. The first kappa shape index (κ1) is 9.13. The molecule has 2 aliphatic rings. The van der Waals surface area contributed by atoms with E-state index in [2.05, 4.69) is 6.92 Å². The van der Waals surface area contributed by atoms with Crippen LogP contribution in [-0.2, 0) is 19.4 Å². The molecule has 0 saturated carbocycles. The minimum Gasteiger partial charge on any atom is -0.296 e. The van der Waals surface area contributed by atoms with E-state index in [4.69, 9.17) is 4.98 Å². The maximum atomic E-state index is 12.2. The summed E-state index contributed by atoms with van der Waals surface area (Å²) in [6.07, 6.45) is 5.34. The van der Waals surface area contributed by atoms with Crippen LogP contribution in [0, 0.1) is 0 Å². The highest BCUT2D eigenvalue weighted by atomic mass is 16.1. The molecule has 15 heavy (non-hydrogen) atoms. The Morgan fingerprint density at radius 1 is 1.33 bits per heavy atom. The van der Waals surface area contributed by atoms with Crippen molar-refractivity contribution in [2.75, 3.05) is 0 Å². The Kier molecular flexibility index (Phi) is 1.94. The van der Waals surface area contributed by atoms with Gasteiger partial charge in [0.2, 0.25) is 0 Å². The van der Waals surface area contributed by atoms with Gasteiger partial charge in [-0.3, -0.25) is 9.36 Å². The van der Waals surface area contributed by atoms with Crippen molar-refractivity contribution < 1.29 is 0 Å². The van der Waals surface area contributed by atoms with Crippen molar-refractivity contribution in [2.24, 2.45) is 0 Å². The number of nitrogens with zero attached hydrogens (tertiary/aromatic N) is 2. The van der Waals surface area contributed by atoms with Gasteiger partial charge in [-0.1, -0.05) is 6.92 Å². The molecular weight excluding hydrogens is 188 g/mol. The van der Waals surface area contributed by atoms with E-state index in [0.717, 1.165) is 49.3 Å². The lowest BCUT2D eigenvalue weighted by Gasteiger charge is -2.23. The number of aryl methyl sites for hydroxylation is 1. The molecule has 0 saturated heterocycles. The van der Waals surface area contributed by atoms with Crippen LogP contribution in [0.1, 0.15) is 49.2 Å². The van der Waals surface area contributed by atoms with Crippen LogP contribution < -0.4 is 5.56 Å². The summed E-state index contributed by atoms with van der Waals surface area (Å²) in [5.74, 6) is 1.49. The third kappa shape index (κ3) is 1.25. The molecule has 0 aromatic carbocycles. The molecule has 0 radical (unpaired) electrons. The van der Waals surface area contributed by atoms with Crippen molar-refractivity contribution in [3.05, 3.63) is 27.4 Å². The summed E-state index contributed by atoms with van der Waals surface area (Å²) in [6, 6.07) is 0. The second-order valence-electron chi connectivity index (χ2n) is 4.75. The highest BCUT2D eigenvalue weighted by molar-refractivity contribution is 5.25. The van der Waals surface area contributed by atoms with E-state index < -0.39 is 0 Å². The molecule has 1 aliphatic carbocycles. The minimum atomic E-state index is 0.249. The van der Waals surface area contributed by atoms with Gasteiger partial charge in [0.1, 0.15) is 5.82 Å². The van der Waals surface area contributed by atoms with Gasteiger partial charge in [-0.05, 0) is 32.1 Å². The second kappa shape index (κ2) is 3.19. The number of rotatable bonds is 0. The van der Waals surface area contributed by atoms with E-state index in [-0.39, 0.29) is 5.56 Å². The zero-order valence-corrected chi connectivity index (χ0v) is 9.12. The number of hydrogen-bond donors (Lipinski definition) is 0. The lowest BCUT2D eigenvalue weighted by molar-refractivity contribution is 0.439. The quantitative estimate of drug-likeness (QED) is 0.643. The topological polar surface area (TPSA) is 34.9 Å². The van der Waals surface area contributed by atoms with Gasteiger partial charge in [-0.2, -0.15) is 0 Å². The van der Waals surface area contributed by atoms with Gasteiger partial charge in [-0.25, -0.2) is 4.98 Å². The lowest BCUT2D eigenvalue weighted by atomic mass is 10.00. The van der Waals surface area contributed by atoms with Crippen LogP contribution in [-0.4, -0.2) is 9.55 Å². The molecular formula is C12H16N2O. The van der Waals surface area contributed by atoms with Crippen molar-refractivity contribution in [2.45, 2.75) is 51.5 Å². The number of fused-ring (bicyclic) bond motifs is 2. The zero-order chi connectivity index (χ0) is 10.4. The van der Waals surface area contributed by atoms with Gasteiger partial charge < -0.3 is 0 Å². The average molecular weight is 204 g/mol. The predicted molar refractivity (Wildman–Crippen MR) is 58.2 cm³/mol. The van der Waals surface area contributed by atoms with E-state index in [1.54, 1.807) is 0 Å². The highest BCUT2D eigenvalue weighted by Gasteiger charge is 2.25. The summed E-state index contributed by atoms with van der Waals surface area (Å²) < 4.78 is 1.92. The molecule has 0 amide bonds. The number of aromatic nitrogens is 2. The Labute approximate surface area is 89.2 Å². The summed E-state index contributed by atoms with van der Waals surface area (Å²) in [5, 5.41) is 0. The summed E-state index contributed by atoms with van der Waals surface area (Å²) in [5.41, 5.74) is 2.33. The molecule has 0 N–H and O–H groups in total. The van der Waals surface area contributed by atoms with Crippen LogP contribution >= 0.6 is 0 Å². The van der Waals surface area contributed by atoms with Crippen molar-refractivity contribution in [3.8, 4) is 0 Å². The van der Waals surface area contributed by atoms with Gasteiger partial charge >= 0.3 is 0 Å². The van der Waals surface area contributed by atoms with Gasteiger partial charge in [0.25, 0.3) is 5.56 Å². The normalized spacial score (nSPS) is 23.7. The maximum absolute atomic E-state index is 12.2. The number of hydrogen-bond acceptors (Lipinski definition) is 2. The first-order chi connectivity index (χ1) is 7.27. The SMILES string of the molecule is CC1CCCn2c1nc1c(c2=O)CCC1. The fourth-order valence-corrected chi connectivity index (χ4v) is 2.82. The van der Waals surface area contributed by atoms with Crippen LogP contribution in [0.25, 0.3) is 0 Å². The molecule has 1 unspecified atom stereocenters. The van der Waals surface area contributed by atoms with E-state index in [1.807, 2.05) is 4.57 Å². The van der Waals surface area contributed by atoms with Crippen LogP contribution in [0.3, 0.4) is 0 Å². The van der Waals surface area contributed by atoms with Crippen LogP contribution in [0.5, 0.6) is 0 Å². The Bertz CT molecular complexity index is 461. The smallest absolute Gasteiger partial charge is 0.256 e. The average Bonchev–Trinajstić information content (AvgIpc) is 2.68. The van der Waals surface area contributed by atoms with Crippen molar-refractivity contribution in [1.82, 2.24) is 9.55 Å². The minimum absolute atomic E-state index is 0.249. The van der Waals surface area contributed by atoms with Crippen LogP contribution in [0.15, 0.2) is 4.79 Å². The summed E-state index contributed by atoms with van der Waals surface area (Å²) in [6.45, 7) is 3.05.